The smallest absolute Gasteiger partial charge is 0.315 e. The molecule has 2 N–H and O–H groups in total. The van der Waals surface area contributed by atoms with Gasteiger partial charge in [-0.05, 0) is 25.0 Å². The highest BCUT2D eigenvalue weighted by molar-refractivity contribution is 5.73. The van der Waals surface area contributed by atoms with Gasteiger partial charge in [-0.25, -0.2) is 4.79 Å². The normalized spacial score (nSPS) is 17.4. The lowest BCUT2D eigenvalue weighted by Gasteiger charge is -2.12. The van der Waals surface area contributed by atoms with Crippen LogP contribution in [0.15, 0.2) is 36.7 Å². The van der Waals surface area contributed by atoms with Crippen LogP contribution in [0.1, 0.15) is 18.7 Å². The van der Waals surface area contributed by atoms with Crippen molar-refractivity contribution in [3.05, 3.63) is 42.5 Å². The second kappa shape index (κ2) is 7.04. The molecule has 0 unspecified atom stereocenters. The molecule has 0 spiro atoms. The molecule has 116 valence electrons. The highest BCUT2D eigenvalue weighted by atomic mass is 16.5. The molecular weight excluding hydrogens is 282 g/mol. The Labute approximate surface area is 128 Å². The van der Waals surface area contributed by atoms with Crippen molar-refractivity contribution in [3.8, 4) is 5.69 Å². The summed E-state index contributed by atoms with van der Waals surface area (Å²) in [5, 5.41) is 13.6. The Morgan fingerprint density at radius 3 is 2.95 bits per heavy atom. The van der Waals surface area contributed by atoms with Gasteiger partial charge in [0.15, 0.2) is 5.82 Å². The van der Waals surface area contributed by atoms with E-state index in [1.807, 2.05) is 34.9 Å². The van der Waals surface area contributed by atoms with Crippen molar-refractivity contribution in [2.75, 3.05) is 13.2 Å². The van der Waals surface area contributed by atoms with Crippen LogP contribution < -0.4 is 10.6 Å². The summed E-state index contributed by atoms with van der Waals surface area (Å²) in [6.07, 6.45) is 3.84. The molecule has 7 nitrogen and oxygen atoms in total. The first kappa shape index (κ1) is 14.5. The summed E-state index contributed by atoms with van der Waals surface area (Å²) in [7, 11) is 0. The van der Waals surface area contributed by atoms with Crippen LogP contribution in [-0.4, -0.2) is 40.1 Å². The topological polar surface area (TPSA) is 81.1 Å². The standard InChI is InChI=1S/C15H19N5O2/c21-15(16-9-13-7-4-8-22-13)17-10-14-19-18-11-20(14)12-5-2-1-3-6-12/h1-3,5-6,11,13H,4,7-10H2,(H2,16,17,21)/t13-/m0/s1. The van der Waals surface area contributed by atoms with Crippen molar-refractivity contribution in [1.29, 1.82) is 0 Å². The molecule has 0 aliphatic carbocycles. The Hall–Kier alpha value is -2.41. The van der Waals surface area contributed by atoms with E-state index >= 15 is 0 Å². The molecule has 1 aliphatic heterocycles. The first-order valence-electron chi connectivity index (χ1n) is 7.40. The van der Waals surface area contributed by atoms with E-state index in [-0.39, 0.29) is 12.1 Å². The number of benzene rings is 1. The molecule has 0 saturated carbocycles. The number of ether oxygens (including phenoxy) is 1. The average molecular weight is 301 g/mol. The first-order valence-corrected chi connectivity index (χ1v) is 7.40. The summed E-state index contributed by atoms with van der Waals surface area (Å²) in [5.74, 6) is 0.679. The number of aromatic nitrogens is 3. The van der Waals surface area contributed by atoms with Gasteiger partial charge in [0, 0.05) is 18.8 Å². The van der Waals surface area contributed by atoms with Crippen LogP contribution in [0.3, 0.4) is 0 Å². The maximum Gasteiger partial charge on any atom is 0.315 e. The van der Waals surface area contributed by atoms with Gasteiger partial charge < -0.3 is 15.4 Å². The Bertz CT molecular complexity index is 607. The molecule has 0 bridgehead atoms. The maximum atomic E-state index is 11.8. The van der Waals surface area contributed by atoms with Gasteiger partial charge in [0.1, 0.15) is 6.33 Å². The van der Waals surface area contributed by atoms with Gasteiger partial charge in [0.05, 0.1) is 12.6 Å². The third kappa shape index (κ3) is 3.62. The number of hydrogen-bond acceptors (Lipinski definition) is 4. The zero-order valence-corrected chi connectivity index (χ0v) is 12.2. The molecule has 2 amide bonds. The third-order valence-corrected chi connectivity index (χ3v) is 3.57. The SMILES string of the molecule is O=C(NCc1nncn1-c1ccccc1)NC[C@@H]1CCCO1. The molecule has 7 heteroatoms. The fourth-order valence-electron chi connectivity index (χ4n) is 2.42. The summed E-state index contributed by atoms with van der Waals surface area (Å²) < 4.78 is 7.31. The number of rotatable bonds is 5. The zero-order valence-electron chi connectivity index (χ0n) is 12.2. The third-order valence-electron chi connectivity index (χ3n) is 3.57. The lowest BCUT2D eigenvalue weighted by atomic mass is 10.2. The Morgan fingerprint density at radius 1 is 1.32 bits per heavy atom. The minimum absolute atomic E-state index is 0.138. The van der Waals surface area contributed by atoms with Crippen LogP contribution in [0.5, 0.6) is 0 Å². The molecule has 1 aliphatic rings. The minimum atomic E-state index is -0.224. The largest absolute Gasteiger partial charge is 0.376 e. The van der Waals surface area contributed by atoms with Gasteiger partial charge >= 0.3 is 6.03 Å². The summed E-state index contributed by atoms with van der Waals surface area (Å²) in [5.41, 5.74) is 0.962. The average Bonchev–Trinajstić information content (AvgIpc) is 3.23. The lowest BCUT2D eigenvalue weighted by molar-refractivity contribution is 0.111. The monoisotopic (exact) mass is 301 g/mol. The van der Waals surface area contributed by atoms with Crippen molar-refractivity contribution in [1.82, 2.24) is 25.4 Å². The number of hydrogen-bond donors (Lipinski definition) is 2. The van der Waals surface area contributed by atoms with E-state index in [4.69, 9.17) is 4.74 Å². The molecule has 1 atom stereocenters. The van der Waals surface area contributed by atoms with Crippen LogP contribution in [0.2, 0.25) is 0 Å². The molecule has 1 aromatic carbocycles. The van der Waals surface area contributed by atoms with Crippen LogP contribution in [-0.2, 0) is 11.3 Å². The Kier molecular flexibility index (Phi) is 4.65. The van der Waals surface area contributed by atoms with Gasteiger partial charge in [-0.15, -0.1) is 10.2 Å². The quantitative estimate of drug-likeness (QED) is 0.871. The van der Waals surface area contributed by atoms with Crippen molar-refractivity contribution in [3.63, 3.8) is 0 Å². The molecule has 1 saturated heterocycles. The second-order valence-electron chi connectivity index (χ2n) is 5.15. The molecule has 2 heterocycles. The highest BCUT2D eigenvalue weighted by Crippen LogP contribution is 2.10. The predicted molar refractivity (Wildman–Crippen MR) is 80.6 cm³/mol. The van der Waals surface area contributed by atoms with E-state index in [1.54, 1.807) is 6.33 Å². The fraction of sp³-hybridized carbons (Fsp3) is 0.400. The molecule has 22 heavy (non-hydrogen) atoms. The zero-order chi connectivity index (χ0) is 15.2. The number of carbonyl (C=O) groups excluding carboxylic acids is 1. The van der Waals surface area contributed by atoms with E-state index in [2.05, 4.69) is 20.8 Å². The first-order chi connectivity index (χ1) is 10.8. The van der Waals surface area contributed by atoms with Crippen molar-refractivity contribution >= 4 is 6.03 Å². The number of amides is 2. The number of nitrogens with zero attached hydrogens (tertiary/aromatic N) is 3. The van der Waals surface area contributed by atoms with E-state index in [0.29, 0.717) is 18.9 Å². The number of nitrogens with one attached hydrogen (secondary N) is 2. The van der Waals surface area contributed by atoms with Crippen molar-refractivity contribution in [2.45, 2.75) is 25.5 Å². The summed E-state index contributed by atoms with van der Waals surface area (Å²) in [6.45, 7) is 1.64. The van der Waals surface area contributed by atoms with Crippen molar-refractivity contribution < 1.29 is 9.53 Å². The van der Waals surface area contributed by atoms with E-state index in [0.717, 1.165) is 25.1 Å². The number of para-hydroxylation sites is 1. The van der Waals surface area contributed by atoms with Gasteiger partial charge in [0.2, 0.25) is 0 Å². The van der Waals surface area contributed by atoms with Crippen LogP contribution in [0.4, 0.5) is 4.79 Å². The van der Waals surface area contributed by atoms with Gasteiger partial charge in [0.25, 0.3) is 0 Å². The summed E-state index contributed by atoms with van der Waals surface area (Å²) in [6, 6.07) is 9.54. The maximum absolute atomic E-state index is 11.8. The van der Waals surface area contributed by atoms with Crippen LogP contribution >= 0.6 is 0 Å². The fourth-order valence-corrected chi connectivity index (χ4v) is 2.42. The molecular formula is C15H19N5O2. The molecule has 1 aromatic heterocycles. The van der Waals surface area contributed by atoms with Crippen LogP contribution in [0, 0.1) is 0 Å². The summed E-state index contributed by atoms with van der Waals surface area (Å²) >= 11 is 0. The van der Waals surface area contributed by atoms with Crippen LogP contribution in [0.25, 0.3) is 5.69 Å². The van der Waals surface area contributed by atoms with Gasteiger partial charge in [-0.1, -0.05) is 18.2 Å². The molecule has 1 fully saturated rings. The number of urea groups is 1. The number of carbonyl (C=O) groups is 1. The molecule has 3 rings (SSSR count). The minimum Gasteiger partial charge on any atom is -0.376 e. The van der Waals surface area contributed by atoms with E-state index in [1.165, 1.54) is 0 Å². The Balaban J connectivity index is 1.51. The van der Waals surface area contributed by atoms with Gasteiger partial charge in [-0.3, -0.25) is 4.57 Å². The second-order valence-corrected chi connectivity index (χ2v) is 5.15. The molecule has 0 radical (unpaired) electrons. The predicted octanol–water partition coefficient (Wildman–Crippen LogP) is 1.25. The highest BCUT2D eigenvalue weighted by Gasteiger charge is 2.16. The van der Waals surface area contributed by atoms with E-state index in [9.17, 15) is 4.79 Å². The van der Waals surface area contributed by atoms with Gasteiger partial charge in [-0.2, -0.15) is 0 Å². The van der Waals surface area contributed by atoms with Crippen molar-refractivity contribution in [2.24, 2.45) is 0 Å². The van der Waals surface area contributed by atoms with E-state index < -0.39 is 0 Å². The lowest BCUT2D eigenvalue weighted by Crippen LogP contribution is -2.39. The molecule has 2 aromatic rings. The summed E-state index contributed by atoms with van der Waals surface area (Å²) in [4.78, 5) is 11.8. The Morgan fingerprint density at radius 2 is 2.18 bits per heavy atom.